The van der Waals surface area contributed by atoms with Crippen LogP contribution in [-0.2, 0) is 30.8 Å². The van der Waals surface area contributed by atoms with Crippen LogP contribution in [-0.4, -0.2) is 67.7 Å². The van der Waals surface area contributed by atoms with Crippen molar-refractivity contribution in [3.8, 4) is 0 Å². The summed E-state index contributed by atoms with van der Waals surface area (Å²) in [6.45, 7) is 0.809. The number of carboxylic acid groups (broad SMARTS) is 1. The number of piperidine rings is 1. The third-order valence-electron chi connectivity index (χ3n) is 7.35. The van der Waals surface area contributed by atoms with E-state index in [-0.39, 0.29) is 55.0 Å². The highest BCUT2D eigenvalue weighted by atomic mass is 32.2. The fraction of sp³-hybridized carbons (Fsp3) is 0.333. The molecule has 0 radical (unpaired) electrons. The number of hydrogen-bond donors (Lipinski definition) is 5. The van der Waals surface area contributed by atoms with Crippen LogP contribution < -0.4 is 15.8 Å². The third-order valence-corrected chi connectivity index (χ3v) is 8.82. The van der Waals surface area contributed by atoms with Crippen LogP contribution in [0.5, 0.6) is 0 Å². The minimum atomic E-state index is -4.09. The summed E-state index contributed by atoms with van der Waals surface area (Å²) < 4.78 is 29.7. The lowest BCUT2D eigenvalue weighted by Gasteiger charge is -2.34. The minimum absolute atomic E-state index is 0.0287. The highest BCUT2D eigenvalue weighted by Gasteiger charge is 2.33. The molecule has 4 rings (SSSR count). The van der Waals surface area contributed by atoms with Crippen LogP contribution in [0.25, 0.3) is 10.8 Å². The van der Waals surface area contributed by atoms with Gasteiger partial charge in [-0.25, -0.2) is 8.42 Å². The van der Waals surface area contributed by atoms with Crippen LogP contribution in [0.1, 0.15) is 36.8 Å². The first-order valence-electron chi connectivity index (χ1n) is 13.8. The highest BCUT2D eigenvalue weighted by Crippen LogP contribution is 2.22. The monoisotopic (exact) mass is 593 g/mol. The van der Waals surface area contributed by atoms with E-state index in [0.717, 1.165) is 10.8 Å². The number of amidine groups is 1. The van der Waals surface area contributed by atoms with Crippen molar-refractivity contribution < 1.29 is 27.9 Å². The zero-order chi connectivity index (χ0) is 30.3. The number of likely N-dealkylation sites (tertiary alicyclic amines) is 1. The van der Waals surface area contributed by atoms with Gasteiger partial charge in [-0.3, -0.25) is 19.8 Å². The van der Waals surface area contributed by atoms with E-state index in [1.807, 2.05) is 24.3 Å². The van der Waals surface area contributed by atoms with E-state index in [0.29, 0.717) is 30.4 Å². The van der Waals surface area contributed by atoms with Crippen molar-refractivity contribution in [2.75, 3.05) is 19.6 Å². The molecule has 12 heteroatoms. The Morgan fingerprint density at radius 2 is 1.71 bits per heavy atom. The molecule has 6 N–H and O–H groups in total. The summed E-state index contributed by atoms with van der Waals surface area (Å²) in [5.74, 6) is -1.97. The summed E-state index contributed by atoms with van der Waals surface area (Å²) in [6.07, 6.45) is 1.15. The fourth-order valence-corrected chi connectivity index (χ4v) is 6.27. The maximum Gasteiger partial charge on any atom is 0.303 e. The molecule has 1 atom stereocenters. The Hall–Kier alpha value is -4.29. The van der Waals surface area contributed by atoms with Crippen molar-refractivity contribution in [3.05, 3.63) is 77.9 Å². The van der Waals surface area contributed by atoms with Gasteiger partial charge in [-0.15, -0.1) is 0 Å². The number of nitrogens with zero attached hydrogens (tertiary/aromatic N) is 1. The molecule has 0 aromatic heterocycles. The molecule has 1 unspecified atom stereocenters. The Morgan fingerprint density at radius 3 is 2.40 bits per heavy atom. The molecule has 1 aliphatic heterocycles. The molecule has 222 valence electrons. The number of rotatable bonds is 12. The zero-order valence-electron chi connectivity index (χ0n) is 23.1. The number of nitrogens with two attached hydrogens (primary N) is 1. The van der Waals surface area contributed by atoms with Crippen molar-refractivity contribution in [1.82, 2.24) is 14.9 Å². The average Bonchev–Trinajstić information content (AvgIpc) is 2.98. The molecule has 0 saturated carbocycles. The lowest BCUT2D eigenvalue weighted by atomic mass is 9.94. The Bertz CT molecular complexity index is 1580. The van der Waals surface area contributed by atoms with Crippen molar-refractivity contribution in [3.63, 3.8) is 0 Å². The van der Waals surface area contributed by atoms with Gasteiger partial charge in [0.1, 0.15) is 11.9 Å². The van der Waals surface area contributed by atoms with Crippen LogP contribution in [0.2, 0.25) is 0 Å². The molecule has 3 aromatic rings. The van der Waals surface area contributed by atoms with E-state index in [9.17, 15) is 22.8 Å². The summed E-state index contributed by atoms with van der Waals surface area (Å²) >= 11 is 0. The number of nitrogens with one attached hydrogen (secondary N) is 3. The second-order valence-corrected chi connectivity index (χ2v) is 12.1. The quantitative estimate of drug-likeness (QED) is 0.121. The SMILES string of the molecule is N=C(N)c1cccc(CC(NS(=O)(=O)c2ccc3ccccc3c2)C(=O)N2CCC(C(=O)NCCCC(=O)O)CC2)c1. The molecule has 2 amide bonds. The lowest BCUT2D eigenvalue weighted by molar-refractivity contribution is -0.137. The van der Waals surface area contributed by atoms with Gasteiger partial charge in [-0.05, 0) is 60.2 Å². The van der Waals surface area contributed by atoms with E-state index in [1.165, 1.54) is 6.07 Å². The minimum Gasteiger partial charge on any atom is -0.481 e. The lowest BCUT2D eigenvalue weighted by Crippen LogP contribution is -2.52. The van der Waals surface area contributed by atoms with Gasteiger partial charge in [0.05, 0.1) is 4.90 Å². The topological polar surface area (TPSA) is 183 Å². The summed E-state index contributed by atoms with van der Waals surface area (Å²) in [4.78, 5) is 38.6. The summed E-state index contributed by atoms with van der Waals surface area (Å²) in [5, 5.41) is 20.9. The third kappa shape index (κ3) is 7.92. The Kier molecular flexibility index (Phi) is 9.92. The summed E-state index contributed by atoms with van der Waals surface area (Å²) in [5.41, 5.74) is 6.74. The molecular formula is C30H35N5O6S. The summed E-state index contributed by atoms with van der Waals surface area (Å²) in [7, 11) is -4.09. The average molecular weight is 594 g/mol. The first-order valence-corrected chi connectivity index (χ1v) is 15.2. The first-order chi connectivity index (χ1) is 20.0. The Balaban J connectivity index is 1.50. The summed E-state index contributed by atoms with van der Waals surface area (Å²) in [6, 6.07) is 17.8. The molecule has 1 fully saturated rings. The number of carbonyl (C=O) groups excluding carboxylic acids is 2. The number of benzene rings is 3. The van der Waals surface area contributed by atoms with Gasteiger partial charge in [0, 0.05) is 37.5 Å². The van der Waals surface area contributed by atoms with Crippen LogP contribution in [0, 0.1) is 11.3 Å². The van der Waals surface area contributed by atoms with Gasteiger partial charge >= 0.3 is 5.97 Å². The normalized spacial score (nSPS) is 14.8. The van der Waals surface area contributed by atoms with Gasteiger partial charge in [-0.2, -0.15) is 4.72 Å². The van der Waals surface area contributed by atoms with E-state index >= 15 is 0 Å². The van der Waals surface area contributed by atoms with Gasteiger partial charge in [0.25, 0.3) is 0 Å². The zero-order valence-corrected chi connectivity index (χ0v) is 23.9. The Morgan fingerprint density at radius 1 is 1.00 bits per heavy atom. The number of nitrogen functional groups attached to an aromatic ring is 1. The van der Waals surface area contributed by atoms with E-state index in [1.54, 1.807) is 41.3 Å². The van der Waals surface area contributed by atoms with Crippen LogP contribution in [0.4, 0.5) is 0 Å². The van der Waals surface area contributed by atoms with Crippen molar-refractivity contribution >= 4 is 44.4 Å². The van der Waals surface area contributed by atoms with E-state index < -0.39 is 27.9 Å². The van der Waals surface area contributed by atoms with Crippen molar-refractivity contribution in [1.29, 1.82) is 5.41 Å². The Labute approximate surface area is 244 Å². The molecule has 42 heavy (non-hydrogen) atoms. The van der Waals surface area contributed by atoms with Gasteiger partial charge in [-0.1, -0.05) is 48.5 Å². The predicted molar refractivity (Wildman–Crippen MR) is 158 cm³/mol. The number of hydrogen-bond acceptors (Lipinski definition) is 6. The standard InChI is InChI=1S/C30H35N5O6S/c31-28(32)24-8-3-5-20(17-24)18-26(34-42(40,41)25-11-10-21-6-1-2-7-23(21)19-25)30(39)35-15-12-22(13-16-35)29(38)33-14-4-9-27(36)37/h1-3,5-8,10-11,17,19,22,26,34H,4,9,12-16,18H2,(H3,31,32)(H,33,38)(H,36,37). The molecule has 0 aliphatic carbocycles. The molecule has 0 spiro atoms. The first kappa shape index (κ1) is 30.7. The largest absolute Gasteiger partial charge is 0.481 e. The molecular weight excluding hydrogens is 558 g/mol. The predicted octanol–water partition coefficient (Wildman–Crippen LogP) is 2.23. The second-order valence-electron chi connectivity index (χ2n) is 10.4. The van der Waals surface area contributed by atoms with E-state index in [2.05, 4.69) is 10.0 Å². The smallest absolute Gasteiger partial charge is 0.303 e. The molecule has 1 aliphatic rings. The number of fused-ring (bicyclic) bond motifs is 1. The molecule has 11 nitrogen and oxygen atoms in total. The maximum absolute atomic E-state index is 13.8. The molecule has 0 bridgehead atoms. The van der Waals surface area contributed by atoms with Crippen LogP contribution in [0.3, 0.4) is 0 Å². The number of carboxylic acids is 1. The van der Waals surface area contributed by atoms with Gasteiger partial charge < -0.3 is 21.1 Å². The van der Waals surface area contributed by atoms with Crippen molar-refractivity contribution in [2.24, 2.45) is 11.7 Å². The molecule has 3 aromatic carbocycles. The highest BCUT2D eigenvalue weighted by molar-refractivity contribution is 7.89. The number of sulfonamides is 1. The number of amides is 2. The van der Waals surface area contributed by atoms with Crippen molar-refractivity contribution in [2.45, 2.75) is 43.0 Å². The number of carbonyl (C=O) groups is 3. The fourth-order valence-electron chi connectivity index (χ4n) is 5.05. The number of aliphatic carboxylic acids is 1. The van der Waals surface area contributed by atoms with Gasteiger partial charge in [0.2, 0.25) is 21.8 Å². The van der Waals surface area contributed by atoms with Gasteiger partial charge in [0.15, 0.2) is 0 Å². The molecule has 1 heterocycles. The van der Waals surface area contributed by atoms with Crippen LogP contribution in [0.15, 0.2) is 71.6 Å². The maximum atomic E-state index is 13.8. The second kappa shape index (κ2) is 13.6. The van der Waals surface area contributed by atoms with E-state index in [4.69, 9.17) is 16.2 Å². The van der Waals surface area contributed by atoms with Crippen LogP contribution >= 0.6 is 0 Å². The molecule has 1 saturated heterocycles.